The third-order valence-corrected chi connectivity index (χ3v) is 14.9. The minimum absolute atomic E-state index is 0.00417. The average molecular weight is 879 g/mol. The van der Waals surface area contributed by atoms with Gasteiger partial charge in [-0.15, -0.1) is 0 Å². The minimum Gasteiger partial charge on any atom is -0.393 e. The molecule has 11 nitrogen and oxygen atoms in total. The number of ketones is 1. The van der Waals surface area contributed by atoms with Gasteiger partial charge in [-0.05, 0) is 149 Å². The van der Waals surface area contributed by atoms with Crippen molar-refractivity contribution in [1.82, 2.24) is 16.0 Å². The van der Waals surface area contributed by atoms with E-state index in [0.29, 0.717) is 85.6 Å². The molecular weight excluding hydrogens is 805 g/mol. The first kappa shape index (κ1) is 49.4. The number of carbonyl (C=O) groups is 2. The molecule has 0 saturated heterocycles. The molecule has 0 radical (unpaired) electrons. The summed E-state index contributed by atoms with van der Waals surface area (Å²) in [6.45, 7) is 14.8. The maximum Gasteiger partial charge on any atom is 0.243 e. The van der Waals surface area contributed by atoms with Crippen LogP contribution in [-0.4, -0.2) is 86.9 Å². The molecule has 2 bridgehead atoms. The fourth-order valence-electron chi connectivity index (χ4n) is 11.3. The van der Waals surface area contributed by atoms with Crippen molar-refractivity contribution < 1.29 is 35.1 Å². The Balaban J connectivity index is 1.39. The second-order valence-corrected chi connectivity index (χ2v) is 19.4. The van der Waals surface area contributed by atoms with Crippen LogP contribution < -0.4 is 21.7 Å². The average Bonchev–Trinajstić information content (AvgIpc) is 3.60. The lowest BCUT2D eigenvalue weighted by Crippen LogP contribution is -2.59. The zero-order valence-electron chi connectivity index (χ0n) is 38.7. The first-order chi connectivity index (χ1) is 30.5. The summed E-state index contributed by atoms with van der Waals surface area (Å²) in [5.74, 6) is -1.38. The van der Waals surface area contributed by atoms with Gasteiger partial charge in [0.1, 0.15) is 12.2 Å². The molecule has 2 saturated carbocycles. The van der Waals surface area contributed by atoms with E-state index >= 15 is 0 Å². The van der Waals surface area contributed by atoms with Crippen molar-refractivity contribution >= 4 is 11.7 Å². The second kappa shape index (κ2) is 21.5. The van der Waals surface area contributed by atoms with Crippen LogP contribution in [0, 0.1) is 17.3 Å². The molecule has 0 aromatic heterocycles. The van der Waals surface area contributed by atoms with Gasteiger partial charge in [-0.25, -0.2) is 0 Å². The van der Waals surface area contributed by atoms with Gasteiger partial charge in [-0.1, -0.05) is 91.4 Å². The standard InChI is InChI=1S/C53H74N4O7/c1-7-55-45(22-17-32(2)3)33(4)11-8-15-38(31-58)42-24-26-53(49(42)62)44-21-20-39(59)28-36-13-9-12-35(27-36)18-19-40(60)30-56-48-47-37(14-10-16-43(47)50(54)57-51(48)63)29-46(61)34(5)41(44)23-25-52(53,6)64/h8-17,27,39-40,42,44-45,48-50,55-56,58-60,62,64H,4,7,18-26,28-31,54H2,1-3,5-6H3,(H,57,63)/b11-8+,38-15-,41-34+/t39-,40-,42+,44+,45-,48-,49+,50-,52+,53+/m0/s1. The molecule has 0 unspecified atom stereocenters. The molecular formula is C53H74N4O7. The number of Topliss-reactive ketones (excluding diaryl/α,β-unsaturated/α-hetero) is 1. The Morgan fingerprint density at radius 2 is 1.77 bits per heavy atom. The number of hydrogen-bond acceptors (Lipinski definition) is 10. The number of amides is 1. The van der Waals surface area contributed by atoms with E-state index in [0.717, 1.165) is 35.2 Å². The largest absolute Gasteiger partial charge is 0.393 e. The number of aliphatic hydroxyl groups is 5. The van der Waals surface area contributed by atoms with Crippen LogP contribution in [0.15, 0.2) is 101 Å². The van der Waals surface area contributed by atoms with Gasteiger partial charge in [0.2, 0.25) is 5.91 Å². The van der Waals surface area contributed by atoms with Crippen molar-refractivity contribution in [2.75, 3.05) is 19.7 Å². The van der Waals surface area contributed by atoms with Gasteiger partial charge in [0, 0.05) is 30.3 Å². The van der Waals surface area contributed by atoms with E-state index in [4.69, 9.17) is 5.73 Å². The summed E-state index contributed by atoms with van der Waals surface area (Å²) in [6, 6.07) is 12.8. The van der Waals surface area contributed by atoms with Gasteiger partial charge >= 0.3 is 0 Å². The lowest BCUT2D eigenvalue weighted by Gasteiger charge is -2.56. The third-order valence-electron chi connectivity index (χ3n) is 14.9. The number of aliphatic hydroxyl groups excluding tert-OH is 4. The number of hydrogen-bond donors (Lipinski definition) is 9. The number of benzene rings is 2. The summed E-state index contributed by atoms with van der Waals surface area (Å²) in [7, 11) is 0. The van der Waals surface area contributed by atoms with Crippen molar-refractivity contribution in [3.05, 3.63) is 129 Å². The van der Waals surface area contributed by atoms with Crippen molar-refractivity contribution in [3.8, 4) is 0 Å². The van der Waals surface area contributed by atoms with E-state index in [1.54, 1.807) is 6.92 Å². The Labute approximate surface area is 380 Å². The smallest absolute Gasteiger partial charge is 0.243 e. The molecule has 2 aromatic rings. The zero-order valence-corrected chi connectivity index (χ0v) is 38.7. The van der Waals surface area contributed by atoms with Crippen LogP contribution in [0.3, 0.4) is 0 Å². The number of fused-ring (bicyclic) bond motifs is 4. The Morgan fingerprint density at radius 3 is 2.50 bits per heavy atom. The monoisotopic (exact) mass is 879 g/mol. The normalized spacial score (nSPS) is 32.4. The molecule has 4 aliphatic rings. The van der Waals surface area contributed by atoms with E-state index in [-0.39, 0.29) is 37.3 Å². The molecule has 1 spiro atoms. The van der Waals surface area contributed by atoms with Gasteiger partial charge in [-0.3, -0.25) is 14.9 Å². The van der Waals surface area contributed by atoms with Crippen LogP contribution in [0.4, 0.5) is 0 Å². The second-order valence-electron chi connectivity index (χ2n) is 19.4. The molecule has 2 heterocycles. The summed E-state index contributed by atoms with van der Waals surface area (Å²) in [5, 5.41) is 68.5. The van der Waals surface area contributed by atoms with Crippen LogP contribution in [0.5, 0.6) is 0 Å². The van der Waals surface area contributed by atoms with Crippen molar-refractivity contribution in [2.45, 2.75) is 147 Å². The number of likely N-dealkylation sites (N-methyl/N-ethyl adjacent to an activating group) is 1. The molecule has 1 amide bonds. The Hall–Kier alpha value is -4.04. The predicted octanol–water partition coefficient (Wildman–Crippen LogP) is 5.81. The SMILES string of the molecule is C=C(/C=C/C=C(/CO)[C@H]1CC[C@@]2([C@@H]3CC[C@H](O)Cc4cccc(c4)CC[C@H](O)CN[C@@H]4C(=O)N[C@H](N)c5cccc(c54)CC(=O)/C(C)=C/3CC[C@@]2(C)O)[C@@H]1O)[C@H](CC=C(C)C)NCC. The summed E-state index contributed by atoms with van der Waals surface area (Å²) >= 11 is 0. The Morgan fingerprint density at radius 1 is 1.02 bits per heavy atom. The lowest BCUT2D eigenvalue weighted by molar-refractivity contribution is -0.168. The highest BCUT2D eigenvalue weighted by molar-refractivity contribution is 5.98. The molecule has 6 rings (SSSR count). The van der Waals surface area contributed by atoms with E-state index < -0.39 is 53.4 Å². The molecule has 2 aliphatic carbocycles. The summed E-state index contributed by atoms with van der Waals surface area (Å²) in [5.41, 5.74) is 12.3. The van der Waals surface area contributed by atoms with E-state index in [2.05, 4.69) is 55.4 Å². The fourth-order valence-corrected chi connectivity index (χ4v) is 11.3. The predicted molar refractivity (Wildman–Crippen MR) is 253 cm³/mol. The Kier molecular flexibility index (Phi) is 16.6. The van der Waals surface area contributed by atoms with Gasteiger partial charge in [0.05, 0.1) is 30.5 Å². The van der Waals surface area contributed by atoms with Crippen LogP contribution in [0.2, 0.25) is 0 Å². The zero-order chi connectivity index (χ0) is 46.3. The fraction of sp³-hybridized carbons (Fsp3) is 0.547. The molecule has 2 aliphatic heterocycles. The number of nitrogens with one attached hydrogen (secondary N) is 3. The molecule has 2 aromatic carbocycles. The molecule has 11 heteroatoms. The molecule has 64 heavy (non-hydrogen) atoms. The van der Waals surface area contributed by atoms with Gasteiger partial charge in [-0.2, -0.15) is 0 Å². The molecule has 348 valence electrons. The number of nitrogens with two attached hydrogens (primary N) is 1. The highest BCUT2D eigenvalue weighted by Gasteiger charge is 2.64. The molecule has 2 fully saturated rings. The van der Waals surface area contributed by atoms with E-state index in [1.807, 2.05) is 61.5 Å². The minimum atomic E-state index is -1.33. The first-order valence-corrected chi connectivity index (χ1v) is 23.5. The highest BCUT2D eigenvalue weighted by atomic mass is 16.3. The van der Waals surface area contributed by atoms with E-state index in [1.165, 1.54) is 5.57 Å². The topological polar surface area (TPSA) is 197 Å². The summed E-state index contributed by atoms with van der Waals surface area (Å²) in [6.07, 6.45) is 9.34. The van der Waals surface area contributed by atoms with Crippen LogP contribution >= 0.6 is 0 Å². The number of aryl methyl sites for hydroxylation is 1. The number of carbonyl (C=O) groups excluding carboxylic acids is 2. The quantitative estimate of drug-likeness (QED) is 0.110. The first-order valence-electron chi connectivity index (χ1n) is 23.5. The molecule has 10 atom stereocenters. The highest BCUT2D eigenvalue weighted by Crippen LogP contribution is 2.63. The van der Waals surface area contributed by atoms with Crippen molar-refractivity contribution in [2.24, 2.45) is 23.0 Å². The van der Waals surface area contributed by atoms with Gasteiger partial charge in [0.25, 0.3) is 0 Å². The van der Waals surface area contributed by atoms with Crippen molar-refractivity contribution in [3.63, 3.8) is 0 Å². The van der Waals surface area contributed by atoms with Crippen LogP contribution in [0.25, 0.3) is 0 Å². The van der Waals surface area contributed by atoms with E-state index in [9.17, 15) is 35.1 Å². The number of rotatable bonds is 9. The van der Waals surface area contributed by atoms with Crippen LogP contribution in [-0.2, 0) is 28.9 Å². The number of β-amino-alcohol motifs (C(OH)–C–C–N with tert-alkyl or cyclic N) is 1. The van der Waals surface area contributed by atoms with Gasteiger partial charge < -0.3 is 41.9 Å². The molecule has 10 N–H and O–H groups in total. The lowest BCUT2D eigenvalue weighted by atomic mass is 9.52. The third kappa shape index (κ3) is 10.8. The van der Waals surface area contributed by atoms with Crippen LogP contribution in [0.1, 0.15) is 126 Å². The maximum atomic E-state index is 14.7. The van der Waals surface area contributed by atoms with Gasteiger partial charge in [0.15, 0.2) is 5.78 Å². The number of allylic oxidation sites excluding steroid dienone is 5. The maximum absolute atomic E-state index is 14.7. The Bertz CT molecular complexity index is 2130. The summed E-state index contributed by atoms with van der Waals surface area (Å²) in [4.78, 5) is 28.3. The summed E-state index contributed by atoms with van der Waals surface area (Å²) < 4.78 is 0. The van der Waals surface area contributed by atoms with Crippen molar-refractivity contribution in [1.29, 1.82) is 0 Å².